The molecular formula is C14H19N5S. The minimum atomic E-state index is 0.565. The number of anilines is 1. The van der Waals surface area contributed by atoms with Gasteiger partial charge >= 0.3 is 0 Å². The smallest absolute Gasteiger partial charge is 0.205 e. The molecule has 106 valence electrons. The predicted octanol–water partition coefficient (Wildman–Crippen LogP) is 3.01. The second-order valence-corrected chi connectivity index (χ2v) is 6.02. The van der Waals surface area contributed by atoms with E-state index in [-0.39, 0.29) is 0 Å². The first-order valence-corrected chi connectivity index (χ1v) is 7.91. The van der Waals surface area contributed by atoms with Gasteiger partial charge in [0.2, 0.25) is 5.13 Å². The molecule has 0 unspecified atom stereocenters. The van der Waals surface area contributed by atoms with Crippen LogP contribution < -0.4 is 4.90 Å². The molecule has 0 radical (unpaired) electrons. The molecule has 1 aliphatic rings. The van der Waals surface area contributed by atoms with Crippen molar-refractivity contribution in [3.63, 3.8) is 0 Å². The average Bonchev–Trinajstić information content (AvgIpc) is 2.99. The number of rotatable bonds is 4. The normalized spacial score (nSPS) is 16.2. The molecule has 3 rings (SSSR count). The average molecular weight is 289 g/mol. The van der Waals surface area contributed by atoms with Crippen molar-refractivity contribution in [2.45, 2.75) is 44.6 Å². The quantitative estimate of drug-likeness (QED) is 0.866. The van der Waals surface area contributed by atoms with Gasteiger partial charge in [-0.2, -0.15) is 4.37 Å². The topological polar surface area (TPSA) is 54.8 Å². The Bertz CT molecular complexity index is 536. The first-order valence-electron chi connectivity index (χ1n) is 7.13. The first-order chi connectivity index (χ1) is 9.83. The highest BCUT2D eigenvalue weighted by Gasteiger charge is 2.20. The van der Waals surface area contributed by atoms with E-state index in [1.54, 1.807) is 12.4 Å². The van der Waals surface area contributed by atoms with E-state index >= 15 is 0 Å². The maximum Gasteiger partial charge on any atom is 0.205 e. The molecule has 1 saturated carbocycles. The monoisotopic (exact) mass is 289 g/mol. The van der Waals surface area contributed by atoms with Crippen molar-refractivity contribution < 1.29 is 0 Å². The number of hydrogen-bond donors (Lipinski definition) is 0. The van der Waals surface area contributed by atoms with Crippen molar-refractivity contribution >= 4 is 16.7 Å². The standard InChI is InChI=1S/C14H19N5S/c1-19(10-12-15-8-5-9-16-12)14-17-13(18-20-14)11-6-3-2-4-7-11/h5,8-9,11H,2-4,6-7,10H2,1H3. The fraction of sp³-hybridized carbons (Fsp3) is 0.571. The van der Waals surface area contributed by atoms with E-state index in [4.69, 9.17) is 4.98 Å². The Morgan fingerprint density at radius 1 is 1.20 bits per heavy atom. The second kappa shape index (κ2) is 6.26. The van der Waals surface area contributed by atoms with Crippen LogP contribution in [-0.4, -0.2) is 26.4 Å². The maximum absolute atomic E-state index is 4.71. The summed E-state index contributed by atoms with van der Waals surface area (Å²) in [7, 11) is 2.02. The fourth-order valence-corrected chi connectivity index (χ4v) is 3.30. The summed E-state index contributed by atoms with van der Waals surface area (Å²) in [6.07, 6.45) is 10.00. The van der Waals surface area contributed by atoms with E-state index < -0.39 is 0 Å². The van der Waals surface area contributed by atoms with Crippen molar-refractivity contribution in [2.24, 2.45) is 0 Å². The molecule has 1 aliphatic carbocycles. The zero-order chi connectivity index (χ0) is 13.8. The molecule has 0 aliphatic heterocycles. The summed E-state index contributed by atoms with van der Waals surface area (Å²) in [5, 5.41) is 0.957. The zero-order valence-electron chi connectivity index (χ0n) is 11.7. The molecule has 5 nitrogen and oxygen atoms in total. The predicted molar refractivity (Wildman–Crippen MR) is 79.9 cm³/mol. The van der Waals surface area contributed by atoms with Gasteiger partial charge in [-0.3, -0.25) is 0 Å². The lowest BCUT2D eigenvalue weighted by atomic mass is 9.89. The minimum absolute atomic E-state index is 0.565. The molecule has 2 heterocycles. The molecule has 0 bridgehead atoms. The number of hydrogen-bond acceptors (Lipinski definition) is 6. The van der Waals surface area contributed by atoms with Gasteiger partial charge < -0.3 is 4.90 Å². The Balaban J connectivity index is 1.66. The van der Waals surface area contributed by atoms with Crippen molar-refractivity contribution in [2.75, 3.05) is 11.9 Å². The molecule has 0 N–H and O–H groups in total. The van der Waals surface area contributed by atoms with Crippen molar-refractivity contribution in [1.82, 2.24) is 19.3 Å². The molecule has 6 heteroatoms. The Morgan fingerprint density at radius 2 is 1.95 bits per heavy atom. The SMILES string of the molecule is CN(Cc1ncccn1)c1nc(C2CCCCC2)ns1. The summed E-state index contributed by atoms with van der Waals surface area (Å²) in [6.45, 7) is 0.667. The Kier molecular flexibility index (Phi) is 4.20. The molecule has 0 aromatic carbocycles. The summed E-state index contributed by atoms with van der Waals surface area (Å²) < 4.78 is 4.55. The highest BCUT2D eigenvalue weighted by molar-refractivity contribution is 7.09. The number of nitrogens with zero attached hydrogens (tertiary/aromatic N) is 5. The van der Waals surface area contributed by atoms with Gasteiger partial charge in [0.05, 0.1) is 6.54 Å². The van der Waals surface area contributed by atoms with Crippen LogP contribution in [0.5, 0.6) is 0 Å². The highest BCUT2D eigenvalue weighted by Crippen LogP contribution is 2.32. The van der Waals surface area contributed by atoms with E-state index in [0.29, 0.717) is 12.5 Å². The molecule has 0 spiro atoms. The van der Waals surface area contributed by atoms with Crippen LogP contribution in [0.4, 0.5) is 5.13 Å². The Labute approximate surface area is 123 Å². The third kappa shape index (κ3) is 3.12. The molecule has 2 aromatic rings. The second-order valence-electron chi connectivity index (χ2n) is 5.29. The molecule has 0 saturated heterocycles. The van der Waals surface area contributed by atoms with Crippen LogP contribution in [-0.2, 0) is 6.54 Å². The van der Waals surface area contributed by atoms with E-state index in [9.17, 15) is 0 Å². The summed E-state index contributed by atoms with van der Waals surface area (Å²) >= 11 is 1.48. The van der Waals surface area contributed by atoms with Crippen LogP contribution in [0.3, 0.4) is 0 Å². The van der Waals surface area contributed by atoms with Gasteiger partial charge in [0.25, 0.3) is 0 Å². The van der Waals surface area contributed by atoms with Crippen molar-refractivity contribution in [3.8, 4) is 0 Å². The lowest BCUT2D eigenvalue weighted by Crippen LogP contribution is -2.18. The molecule has 1 fully saturated rings. The van der Waals surface area contributed by atoms with Gasteiger partial charge in [0, 0.05) is 36.9 Å². The summed E-state index contributed by atoms with van der Waals surface area (Å²) in [5.74, 6) is 2.41. The maximum atomic E-state index is 4.71. The van der Waals surface area contributed by atoms with Gasteiger partial charge in [-0.15, -0.1) is 0 Å². The molecule has 20 heavy (non-hydrogen) atoms. The van der Waals surface area contributed by atoms with Crippen LogP contribution in [0.15, 0.2) is 18.5 Å². The molecule has 2 aromatic heterocycles. The summed E-state index contributed by atoms with van der Waals surface area (Å²) in [6, 6.07) is 1.83. The molecular weight excluding hydrogens is 270 g/mol. The van der Waals surface area contributed by atoms with E-state index in [1.807, 2.05) is 13.1 Å². The van der Waals surface area contributed by atoms with Gasteiger partial charge in [-0.25, -0.2) is 15.0 Å². The largest absolute Gasteiger partial charge is 0.342 e. The highest BCUT2D eigenvalue weighted by atomic mass is 32.1. The van der Waals surface area contributed by atoms with Gasteiger partial charge in [0.1, 0.15) is 11.6 Å². The van der Waals surface area contributed by atoms with Crippen LogP contribution in [0.1, 0.15) is 49.7 Å². The molecule has 0 amide bonds. The third-order valence-corrected chi connectivity index (χ3v) is 4.57. The lowest BCUT2D eigenvalue weighted by molar-refractivity contribution is 0.431. The van der Waals surface area contributed by atoms with Crippen molar-refractivity contribution in [3.05, 3.63) is 30.1 Å². The first kappa shape index (κ1) is 13.4. The summed E-state index contributed by atoms with van der Waals surface area (Å²) in [5.41, 5.74) is 0. The van der Waals surface area contributed by atoms with Gasteiger partial charge in [-0.05, 0) is 18.9 Å². The van der Waals surface area contributed by atoms with Crippen LogP contribution in [0, 0.1) is 0 Å². The minimum Gasteiger partial charge on any atom is -0.342 e. The Hall–Kier alpha value is -1.56. The molecule has 0 atom stereocenters. The van der Waals surface area contributed by atoms with E-state index in [2.05, 4.69) is 19.2 Å². The number of aromatic nitrogens is 4. The van der Waals surface area contributed by atoms with Gasteiger partial charge in [-0.1, -0.05) is 19.3 Å². The van der Waals surface area contributed by atoms with Gasteiger partial charge in [0.15, 0.2) is 0 Å². The van der Waals surface area contributed by atoms with Crippen LogP contribution in [0.25, 0.3) is 0 Å². The summed E-state index contributed by atoms with van der Waals surface area (Å²) in [4.78, 5) is 15.3. The van der Waals surface area contributed by atoms with E-state index in [0.717, 1.165) is 16.8 Å². The van der Waals surface area contributed by atoms with Crippen LogP contribution in [0.2, 0.25) is 0 Å². The fourth-order valence-electron chi connectivity index (χ4n) is 2.60. The van der Waals surface area contributed by atoms with E-state index in [1.165, 1.54) is 43.6 Å². The Morgan fingerprint density at radius 3 is 2.70 bits per heavy atom. The van der Waals surface area contributed by atoms with Crippen LogP contribution >= 0.6 is 11.5 Å². The lowest BCUT2D eigenvalue weighted by Gasteiger charge is -2.18. The zero-order valence-corrected chi connectivity index (χ0v) is 12.5. The van der Waals surface area contributed by atoms with Crippen molar-refractivity contribution in [1.29, 1.82) is 0 Å². The third-order valence-electron chi connectivity index (χ3n) is 3.73.